The number of nitrogens with one attached hydrogen (secondary N) is 2. The Bertz CT molecular complexity index is 961. The number of aromatic amines is 1. The number of hydrogen-bond acceptors (Lipinski definition) is 5. The van der Waals surface area contributed by atoms with Gasteiger partial charge in [-0.1, -0.05) is 6.07 Å². The fraction of sp³-hybridized carbons (Fsp3) is 0.421. The van der Waals surface area contributed by atoms with Gasteiger partial charge in [-0.3, -0.25) is 9.78 Å². The molecule has 0 fully saturated rings. The molecule has 2 heterocycles. The Hall–Kier alpha value is -2.83. The highest BCUT2D eigenvalue weighted by molar-refractivity contribution is 5.74. The molecule has 26 heavy (non-hydrogen) atoms. The summed E-state index contributed by atoms with van der Waals surface area (Å²) >= 11 is 0. The van der Waals surface area contributed by atoms with Crippen molar-refractivity contribution in [2.75, 3.05) is 18.5 Å². The maximum absolute atomic E-state index is 12.2. The molecule has 3 aromatic rings. The van der Waals surface area contributed by atoms with E-state index in [2.05, 4.69) is 26.4 Å². The van der Waals surface area contributed by atoms with Gasteiger partial charge in [0.05, 0.1) is 18.3 Å². The van der Waals surface area contributed by atoms with Gasteiger partial charge in [-0.25, -0.2) is 4.68 Å². The minimum atomic E-state index is -0.258. The number of nitrogens with zero attached hydrogens (tertiary/aromatic N) is 3. The van der Waals surface area contributed by atoms with Crippen LogP contribution in [-0.4, -0.2) is 32.9 Å². The van der Waals surface area contributed by atoms with Crippen LogP contribution >= 0.6 is 0 Å². The molecule has 0 spiro atoms. The summed E-state index contributed by atoms with van der Waals surface area (Å²) in [4.78, 5) is 19.5. The molecule has 7 heteroatoms. The van der Waals surface area contributed by atoms with Crippen LogP contribution in [0.1, 0.15) is 31.9 Å². The molecule has 0 unspecified atom stereocenters. The van der Waals surface area contributed by atoms with Gasteiger partial charge in [-0.05, 0) is 57.9 Å². The highest BCUT2D eigenvalue weighted by Gasteiger charge is 2.19. The molecule has 0 aliphatic heterocycles. The largest absolute Gasteiger partial charge is 0.492 e. The summed E-state index contributed by atoms with van der Waals surface area (Å²) in [7, 11) is 0. The fourth-order valence-electron chi connectivity index (χ4n) is 2.85. The van der Waals surface area contributed by atoms with Crippen LogP contribution in [0.15, 0.2) is 29.2 Å². The minimum absolute atomic E-state index is 0.205. The fourth-order valence-corrected chi connectivity index (χ4v) is 2.85. The molecule has 138 valence electrons. The third-order valence-electron chi connectivity index (χ3n) is 3.93. The Labute approximate surface area is 152 Å². The smallest absolute Gasteiger partial charge is 0.263 e. The van der Waals surface area contributed by atoms with E-state index >= 15 is 0 Å². The van der Waals surface area contributed by atoms with E-state index in [1.54, 1.807) is 10.9 Å². The Morgan fingerprint density at radius 3 is 2.54 bits per heavy atom. The molecule has 0 saturated carbocycles. The first kappa shape index (κ1) is 18.0. The van der Waals surface area contributed by atoms with Gasteiger partial charge in [-0.2, -0.15) is 10.1 Å². The van der Waals surface area contributed by atoms with E-state index < -0.39 is 0 Å². The lowest BCUT2D eigenvalue weighted by Crippen LogP contribution is -2.24. The minimum Gasteiger partial charge on any atom is -0.492 e. The molecule has 0 radical (unpaired) electrons. The molecule has 0 saturated heterocycles. The zero-order valence-corrected chi connectivity index (χ0v) is 15.9. The van der Waals surface area contributed by atoms with Gasteiger partial charge in [0, 0.05) is 0 Å². The molecule has 2 aromatic heterocycles. The van der Waals surface area contributed by atoms with Crippen molar-refractivity contribution < 1.29 is 4.74 Å². The van der Waals surface area contributed by atoms with Crippen LogP contribution in [0.5, 0.6) is 5.75 Å². The van der Waals surface area contributed by atoms with Crippen molar-refractivity contribution >= 4 is 17.0 Å². The highest BCUT2D eigenvalue weighted by Crippen LogP contribution is 2.19. The molecule has 0 amide bonds. The second-order valence-electron chi connectivity index (χ2n) is 7.48. The standard InChI is InChI=1S/C19H25N5O2/c1-12-8-13(2)10-14(9-12)26-7-6-20-18-22-16-15(17(25)23-18)11-21-24(16)19(3,4)5/h8-11H,6-7H2,1-5H3,(H2,20,22,23,25). The van der Waals surface area contributed by atoms with Crippen LogP contribution in [0.2, 0.25) is 0 Å². The molecule has 3 rings (SSSR count). The van der Waals surface area contributed by atoms with E-state index in [0.29, 0.717) is 30.1 Å². The first-order valence-electron chi connectivity index (χ1n) is 8.67. The van der Waals surface area contributed by atoms with Crippen molar-refractivity contribution in [3.8, 4) is 5.75 Å². The molecule has 7 nitrogen and oxygen atoms in total. The summed E-state index contributed by atoms with van der Waals surface area (Å²) in [5.74, 6) is 1.25. The van der Waals surface area contributed by atoms with Crippen molar-refractivity contribution in [2.24, 2.45) is 0 Å². The molecule has 2 N–H and O–H groups in total. The average molecular weight is 355 g/mol. The maximum atomic E-state index is 12.2. The van der Waals surface area contributed by atoms with Gasteiger partial charge in [0.25, 0.3) is 5.56 Å². The molecular weight excluding hydrogens is 330 g/mol. The van der Waals surface area contributed by atoms with Crippen molar-refractivity contribution in [3.05, 3.63) is 45.9 Å². The number of hydrogen-bond donors (Lipinski definition) is 2. The number of fused-ring (bicyclic) bond motifs is 1. The lowest BCUT2D eigenvalue weighted by atomic mass is 10.1. The van der Waals surface area contributed by atoms with Crippen molar-refractivity contribution in [3.63, 3.8) is 0 Å². The number of H-pyrrole nitrogens is 1. The highest BCUT2D eigenvalue weighted by atomic mass is 16.5. The van der Waals surface area contributed by atoms with Crippen molar-refractivity contribution in [1.82, 2.24) is 19.7 Å². The molecule has 0 bridgehead atoms. The summed E-state index contributed by atoms with van der Waals surface area (Å²) in [6.45, 7) is 11.1. The Morgan fingerprint density at radius 1 is 1.19 bits per heavy atom. The summed E-state index contributed by atoms with van der Waals surface area (Å²) < 4.78 is 7.53. The Balaban J connectivity index is 1.70. The van der Waals surface area contributed by atoms with Crippen LogP contribution in [0.3, 0.4) is 0 Å². The van der Waals surface area contributed by atoms with Crippen LogP contribution in [0, 0.1) is 13.8 Å². The number of ether oxygens (including phenoxy) is 1. The normalized spacial score (nSPS) is 11.7. The predicted octanol–water partition coefficient (Wildman–Crippen LogP) is 2.98. The molecule has 0 aliphatic carbocycles. The average Bonchev–Trinajstić information content (AvgIpc) is 2.95. The van der Waals surface area contributed by atoms with Gasteiger partial charge in [0.1, 0.15) is 17.7 Å². The number of aryl methyl sites for hydroxylation is 2. The monoisotopic (exact) mass is 355 g/mol. The summed E-state index contributed by atoms with van der Waals surface area (Å²) in [6, 6.07) is 6.11. The number of anilines is 1. The first-order chi connectivity index (χ1) is 12.2. The second-order valence-corrected chi connectivity index (χ2v) is 7.48. The van der Waals surface area contributed by atoms with E-state index in [-0.39, 0.29) is 11.1 Å². The summed E-state index contributed by atoms with van der Waals surface area (Å²) in [6.07, 6.45) is 1.55. The van der Waals surface area contributed by atoms with Crippen molar-refractivity contribution in [1.29, 1.82) is 0 Å². The summed E-state index contributed by atoms with van der Waals surface area (Å²) in [5.41, 5.74) is 2.44. The van der Waals surface area contributed by atoms with E-state index in [4.69, 9.17) is 4.74 Å². The number of aromatic nitrogens is 4. The third-order valence-corrected chi connectivity index (χ3v) is 3.93. The van der Waals surface area contributed by atoms with Gasteiger partial charge < -0.3 is 10.1 Å². The van der Waals surface area contributed by atoms with E-state index in [1.807, 2.05) is 46.8 Å². The summed E-state index contributed by atoms with van der Waals surface area (Å²) in [5, 5.41) is 7.90. The van der Waals surface area contributed by atoms with Gasteiger partial charge in [0.15, 0.2) is 5.65 Å². The van der Waals surface area contributed by atoms with Crippen LogP contribution < -0.4 is 15.6 Å². The quantitative estimate of drug-likeness (QED) is 0.687. The second kappa shape index (κ2) is 6.82. The lowest BCUT2D eigenvalue weighted by Gasteiger charge is -2.19. The van der Waals surface area contributed by atoms with Gasteiger partial charge in [-0.15, -0.1) is 0 Å². The molecule has 1 aromatic carbocycles. The Morgan fingerprint density at radius 2 is 1.88 bits per heavy atom. The molecule has 0 atom stereocenters. The van der Waals surface area contributed by atoms with E-state index in [1.165, 1.54) is 11.1 Å². The Kier molecular flexibility index (Phi) is 4.71. The zero-order valence-electron chi connectivity index (χ0n) is 15.9. The number of rotatable bonds is 5. The van der Waals surface area contributed by atoms with Gasteiger partial charge in [0.2, 0.25) is 5.95 Å². The third kappa shape index (κ3) is 3.87. The lowest BCUT2D eigenvalue weighted by molar-refractivity contribution is 0.332. The van der Waals surface area contributed by atoms with Crippen LogP contribution in [-0.2, 0) is 5.54 Å². The van der Waals surface area contributed by atoms with E-state index in [9.17, 15) is 4.79 Å². The number of benzene rings is 1. The van der Waals surface area contributed by atoms with Gasteiger partial charge >= 0.3 is 0 Å². The maximum Gasteiger partial charge on any atom is 0.263 e. The van der Waals surface area contributed by atoms with Crippen molar-refractivity contribution in [2.45, 2.75) is 40.2 Å². The zero-order chi connectivity index (χ0) is 18.9. The SMILES string of the molecule is Cc1cc(C)cc(OCCNc2nc3c(cnn3C(C)(C)C)c(=O)[nH]2)c1. The first-order valence-corrected chi connectivity index (χ1v) is 8.67. The predicted molar refractivity (Wildman–Crippen MR) is 103 cm³/mol. The molecule has 0 aliphatic rings. The van der Waals surface area contributed by atoms with Crippen LogP contribution in [0.4, 0.5) is 5.95 Å². The van der Waals surface area contributed by atoms with Crippen LogP contribution in [0.25, 0.3) is 11.0 Å². The van der Waals surface area contributed by atoms with E-state index in [0.717, 1.165) is 5.75 Å². The topological polar surface area (TPSA) is 84.8 Å². The molecular formula is C19H25N5O2.